The molecule has 0 bridgehead atoms. The summed E-state index contributed by atoms with van der Waals surface area (Å²) in [4.78, 5) is 13.8. The van der Waals surface area contributed by atoms with Crippen LogP contribution in [0.3, 0.4) is 0 Å². The molecule has 2 atom stereocenters. The van der Waals surface area contributed by atoms with E-state index in [0.29, 0.717) is 13.0 Å². The predicted molar refractivity (Wildman–Crippen MR) is 70.3 cm³/mol. The Bertz CT molecular complexity index is 276. The molecule has 0 aromatic heterocycles. The van der Waals surface area contributed by atoms with E-state index >= 15 is 0 Å². The average molecular weight is 258 g/mol. The molecule has 106 valence electrons. The molecule has 0 aromatic rings. The Labute approximate surface area is 109 Å². The molecule has 5 nitrogen and oxygen atoms in total. The molecule has 0 spiro atoms. The van der Waals surface area contributed by atoms with E-state index in [1.165, 1.54) is 0 Å². The van der Waals surface area contributed by atoms with Gasteiger partial charge in [-0.05, 0) is 46.5 Å². The van der Waals surface area contributed by atoms with Crippen molar-refractivity contribution in [2.75, 3.05) is 13.1 Å². The van der Waals surface area contributed by atoms with Crippen LogP contribution < -0.4 is 5.73 Å². The maximum atomic E-state index is 12.1. The molecule has 0 radical (unpaired) electrons. The third-order valence-electron chi connectivity index (χ3n) is 3.07. The third kappa shape index (κ3) is 4.82. The fraction of sp³-hybridized carbons (Fsp3) is 0.923. The van der Waals surface area contributed by atoms with Gasteiger partial charge in [0.1, 0.15) is 5.60 Å². The molecule has 0 saturated carbocycles. The van der Waals surface area contributed by atoms with E-state index in [2.05, 4.69) is 0 Å². The highest BCUT2D eigenvalue weighted by Gasteiger charge is 2.31. The molecule has 3 N–H and O–H groups in total. The summed E-state index contributed by atoms with van der Waals surface area (Å²) in [6.07, 6.45) is 2.70. The van der Waals surface area contributed by atoms with Gasteiger partial charge in [0.15, 0.2) is 0 Å². The highest BCUT2D eigenvalue weighted by Crippen LogP contribution is 2.23. The van der Waals surface area contributed by atoms with Crippen LogP contribution in [0.4, 0.5) is 4.79 Å². The Morgan fingerprint density at radius 2 is 2.17 bits per heavy atom. The van der Waals surface area contributed by atoms with Crippen LogP contribution in [0.5, 0.6) is 0 Å². The molecule has 5 heteroatoms. The minimum atomic E-state index is -0.543. The Morgan fingerprint density at radius 3 is 2.72 bits per heavy atom. The molecule has 2 unspecified atom stereocenters. The number of likely N-dealkylation sites (tertiary alicyclic amines) is 1. The van der Waals surface area contributed by atoms with Crippen LogP contribution in [0.1, 0.15) is 46.5 Å². The largest absolute Gasteiger partial charge is 0.444 e. The quantitative estimate of drug-likeness (QED) is 0.804. The van der Waals surface area contributed by atoms with Gasteiger partial charge >= 0.3 is 6.09 Å². The monoisotopic (exact) mass is 258 g/mol. The highest BCUT2D eigenvalue weighted by molar-refractivity contribution is 5.68. The number of hydrogen-bond acceptors (Lipinski definition) is 4. The van der Waals surface area contributed by atoms with Crippen molar-refractivity contribution in [1.82, 2.24) is 4.90 Å². The minimum Gasteiger partial charge on any atom is -0.444 e. The second-order valence-electron chi connectivity index (χ2n) is 5.95. The molecule has 0 aliphatic carbocycles. The summed E-state index contributed by atoms with van der Waals surface area (Å²) in [5, 5.41) is 9.64. The van der Waals surface area contributed by atoms with Crippen LogP contribution in [0.25, 0.3) is 0 Å². The topological polar surface area (TPSA) is 75.8 Å². The molecule has 1 saturated heterocycles. The molecule has 1 rings (SSSR count). The molecule has 18 heavy (non-hydrogen) atoms. The number of amides is 1. The van der Waals surface area contributed by atoms with E-state index in [9.17, 15) is 9.90 Å². The van der Waals surface area contributed by atoms with Gasteiger partial charge in [-0.15, -0.1) is 0 Å². The van der Waals surface area contributed by atoms with E-state index in [1.807, 2.05) is 20.8 Å². The van der Waals surface area contributed by atoms with E-state index in [1.54, 1.807) is 4.90 Å². The van der Waals surface area contributed by atoms with Crippen molar-refractivity contribution in [1.29, 1.82) is 0 Å². The number of aliphatic hydroxyl groups is 1. The Kier molecular flexibility index (Phi) is 5.41. The minimum absolute atomic E-state index is 0.0483. The lowest BCUT2D eigenvalue weighted by Gasteiger charge is -2.37. The summed E-state index contributed by atoms with van der Waals surface area (Å²) in [7, 11) is 0. The molecular formula is C13H26N2O3. The summed E-state index contributed by atoms with van der Waals surface area (Å²) in [5.74, 6) is 0. The number of carbonyl (C=O) groups excluding carboxylic acids is 1. The van der Waals surface area contributed by atoms with Gasteiger partial charge in [-0.1, -0.05) is 0 Å². The lowest BCUT2D eigenvalue weighted by molar-refractivity contribution is 0.00307. The molecule has 1 heterocycles. The fourth-order valence-corrected chi connectivity index (χ4v) is 2.22. The van der Waals surface area contributed by atoms with E-state index in [-0.39, 0.29) is 18.7 Å². The zero-order valence-corrected chi connectivity index (χ0v) is 11.7. The molecule has 1 aliphatic heterocycles. The van der Waals surface area contributed by atoms with Gasteiger partial charge < -0.3 is 20.5 Å². The van der Waals surface area contributed by atoms with Gasteiger partial charge in [-0.25, -0.2) is 4.79 Å². The summed E-state index contributed by atoms with van der Waals surface area (Å²) in [6, 6.07) is 0.0483. The zero-order chi connectivity index (χ0) is 13.8. The van der Waals surface area contributed by atoms with Gasteiger partial charge in [0.05, 0.1) is 6.10 Å². The van der Waals surface area contributed by atoms with E-state index < -0.39 is 11.7 Å². The average Bonchev–Trinajstić information content (AvgIpc) is 2.27. The first-order valence-electron chi connectivity index (χ1n) is 6.71. The molecule has 1 fully saturated rings. The molecular weight excluding hydrogens is 232 g/mol. The van der Waals surface area contributed by atoms with Crippen molar-refractivity contribution < 1.29 is 14.6 Å². The molecule has 1 amide bonds. The molecule has 0 aromatic carbocycles. The van der Waals surface area contributed by atoms with Crippen LogP contribution in [0, 0.1) is 0 Å². The van der Waals surface area contributed by atoms with Gasteiger partial charge in [0.2, 0.25) is 0 Å². The normalized spacial score (nSPS) is 22.7. The lowest BCUT2D eigenvalue weighted by Crippen LogP contribution is -2.47. The van der Waals surface area contributed by atoms with Gasteiger partial charge in [0, 0.05) is 19.1 Å². The Balaban J connectivity index is 2.61. The van der Waals surface area contributed by atoms with Gasteiger partial charge in [0.25, 0.3) is 0 Å². The van der Waals surface area contributed by atoms with Crippen LogP contribution in [-0.4, -0.2) is 46.9 Å². The zero-order valence-electron chi connectivity index (χ0n) is 11.7. The predicted octanol–water partition coefficient (Wildman–Crippen LogP) is 1.49. The number of ether oxygens (including phenoxy) is 1. The Morgan fingerprint density at radius 1 is 1.50 bits per heavy atom. The van der Waals surface area contributed by atoms with Crippen molar-refractivity contribution in [3.63, 3.8) is 0 Å². The summed E-state index contributed by atoms with van der Waals surface area (Å²) >= 11 is 0. The second kappa shape index (κ2) is 6.38. The summed E-state index contributed by atoms with van der Waals surface area (Å²) < 4.78 is 5.40. The number of nitrogens with two attached hydrogens (primary N) is 1. The number of rotatable bonds is 3. The van der Waals surface area contributed by atoms with Crippen LogP contribution in [0.15, 0.2) is 0 Å². The van der Waals surface area contributed by atoms with Crippen molar-refractivity contribution >= 4 is 6.09 Å². The van der Waals surface area contributed by atoms with Gasteiger partial charge in [-0.3, -0.25) is 0 Å². The fourth-order valence-electron chi connectivity index (χ4n) is 2.22. The second-order valence-corrected chi connectivity index (χ2v) is 5.95. The number of carbonyl (C=O) groups is 1. The standard InChI is InChI=1S/C13H26N2O3/c1-13(2,3)18-12(17)15-7-5-4-6-10(15)8-11(16)9-14/h10-11,16H,4-9,14H2,1-3H3. The van der Waals surface area contributed by atoms with Crippen LogP contribution in [0.2, 0.25) is 0 Å². The summed E-state index contributed by atoms with van der Waals surface area (Å²) in [6.45, 7) is 6.52. The number of piperidine rings is 1. The van der Waals surface area contributed by atoms with Crippen molar-refractivity contribution in [3.8, 4) is 0 Å². The number of nitrogens with zero attached hydrogens (tertiary/aromatic N) is 1. The third-order valence-corrected chi connectivity index (χ3v) is 3.07. The van der Waals surface area contributed by atoms with Crippen LogP contribution >= 0.6 is 0 Å². The van der Waals surface area contributed by atoms with E-state index in [4.69, 9.17) is 10.5 Å². The summed E-state index contributed by atoms with van der Waals surface area (Å²) in [5.41, 5.74) is 4.95. The van der Waals surface area contributed by atoms with Gasteiger partial charge in [-0.2, -0.15) is 0 Å². The first-order chi connectivity index (χ1) is 8.33. The van der Waals surface area contributed by atoms with E-state index in [0.717, 1.165) is 19.3 Å². The maximum absolute atomic E-state index is 12.1. The van der Waals surface area contributed by atoms with Crippen LogP contribution in [-0.2, 0) is 4.74 Å². The number of aliphatic hydroxyl groups excluding tert-OH is 1. The van der Waals surface area contributed by atoms with Crippen molar-refractivity contribution in [3.05, 3.63) is 0 Å². The Hall–Kier alpha value is -0.810. The highest BCUT2D eigenvalue weighted by atomic mass is 16.6. The van der Waals surface area contributed by atoms with Crippen molar-refractivity contribution in [2.45, 2.75) is 64.2 Å². The van der Waals surface area contributed by atoms with Crippen molar-refractivity contribution in [2.24, 2.45) is 5.73 Å². The maximum Gasteiger partial charge on any atom is 0.410 e. The SMILES string of the molecule is CC(C)(C)OC(=O)N1CCCCC1CC(O)CN. The first-order valence-corrected chi connectivity index (χ1v) is 6.71. The molecule has 1 aliphatic rings. The first kappa shape index (κ1) is 15.2. The smallest absolute Gasteiger partial charge is 0.410 e. The lowest BCUT2D eigenvalue weighted by atomic mass is 9.97. The number of hydrogen-bond donors (Lipinski definition) is 2.